The normalized spacial score (nSPS) is 16.3. The van der Waals surface area contributed by atoms with Gasteiger partial charge in [-0.15, -0.1) is 0 Å². The fourth-order valence-corrected chi connectivity index (χ4v) is 6.26. The van der Waals surface area contributed by atoms with Gasteiger partial charge < -0.3 is 35.4 Å². The van der Waals surface area contributed by atoms with Gasteiger partial charge in [-0.2, -0.15) is 0 Å². The molecule has 0 radical (unpaired) electrons. The van der Waals surface area contributed by atoms with Crippen molar-refractivity contribution in [1.82, 2.24) is 15.5 Å². The third-order valence-electron chi connectivity index (χ3n) is 8.72. The van der Waals surface area contributed by atoms with Crippen molar-refractivity contribution in [2.24, 2.45) is 5.92 Å². The van der Waals surface area contributed by atoms with Crippen LogP contribution in [0.3, 0.4) is 0 Å². The number of carboxylic acid groups (broad SMARTS) is 1. The SMILES string of the molecule is CC(C)[C@H](NC(=O)[C@@H]1CCCN1C(=O)[C@H](C)NC(=O)OCC1c2ccccc2-c2ccccc21)C(=O)Nc1ccc(COC(=O)O)cc1. The number of carbonyl (C=O) groups is 5. The highest BCUT2D eigenvalue weighted by Gasteiger charge is 2.38. The lowest BCUT2D eigenvalue weighted by molar-refractivity contribution is -0.140. The summed E-state index contributed by atoms with van der Waals surface area (Å²) >= 11 is 0. The third kappa shape index (κ3) is 7.76. The fraction of sp³-hybridized carbons (Fsp3) is 0.361. The van der Waals surface area contributed by atoms with Crippen molar-refractivity contribution < 1.29 is 38.6 Å². The monoisotopic (exact) mass is 656 g/mol. The maximum absolute atomic E-state index is 13.4. The predicted molar refractivity (Wildman–Crippen MR) is 177 cm³/mol. The lowest BCUT2D eigenvalue weighted by Crippen LogP contribution is -2.56. The molecule has 0 unspecified atom stereocenters. The molecule has 12 nitrogen and oxygen atoms in total. The Balaban J connectivity index is 1.14. The summed E-state index contributed by atoms with van der Waals surface area (Å²) in [6.07, 6.45) is -1.09. The number of benzene rings is 3. The maximum Gasteiger partial charge on any atom is 0.506 e. The Morgan fingerprint density at radius 1 is 0.854 bits per heavy atom. The molecule has 0 aromatic heterocycles. The number of nitrogens with zero attached hydrogens (tertiary/aromatic N) is 1. The number of fused-ring (bicyclic) bond motifs is 3. The van der Waals surface area contributed by atoms with E-state index in [4.69, 9.17) is 9.84 Å². The smallest absolute Gasteiger partial charge is 0.450 e. The van der Waals surface area contributed by atoms with Gasteiger partial charge in [0.15, 0.2) is 0 Å². The predicted octanol–water partition coefficient (Wildman–Crippen LogP) is 4.88. The zero-order valence-electron chi connectivity index (χ0n) is 27.1. The number of alkyl carbamates (subject to hydrolysis) is 1. The Kier molecular flexibility index (Phi) is 10.6. The first-order valence-electron chi connectivity index (χ1n) is 16.0. The summed E-state index contributed by atoms with van der Waals surface area (Å²) in [4.78, 5) is 64.9. The summed E-state index contributed by atoms with van der Waals surface area (Å²) < 4.78 is 10.2. The minimum absolute atomic E-state index is 0.109. The molecule has 3 aromatic carbocycles. The molecule has 0 spiro atoms. The third-order valence-corrected chi connectivity index (χ3v) is 8.72. The Morgan fingerprint density at radius 3 is 2.08 bits per heavy atom. The molecule has 48 heavy (non-hydrogen) atoms. The first kappa shape index (κ1) is 34.0. The lowest BCUT2D eigenvalue weighted by atomic mass is 9.98. The maximum atomic E-state index is 13.4. The summed E-state index contributed by atoms with van der Waals surface area (Å²) in [5.74, 6) is -1.70. The second-order valence-electron chi connectivity index (χ2n) is 12.4. The van der Waals surface area contributed by atoms with E-state index in [9.17, 15) is 24.0 Å². The molecule has 0 bridgehead atoms. The highest BCUT2D eigenvalue weighted by molar-refractivity contribution is 5.99. The van der Waals surface area contributed by atoms with E-state index in [-0.39, 0.29) is 25.0 Å². The van der Waals surface area contributed by atoms with Crippen LogP contribution in [-0.2, 0) is 30.5 Å². The quantitative estimate of drug-likeness (QED) is 0.212. The van der Waals surface area contributed by atoms with Crippen LogP contribution in [0.4, 0.5) is 15.3 Å². The van der Waals surface area contributed by atoms with Gasteiger partial charge in [-0.25, -0.2) is 9.59 Å². The minimum Gasteiger partial charge on any atom is -0.450 e. The van der Waals surface area contributed by atoms with Gasteiger partial charge in [0, 0.05) is 18.2 Å². The molecule has 4 amide bonds. The zero-order valence-corrected chi connectivity index (χ0v) is 27.1. The standard InChI is InChI=1S/C36H40N4O8/c1-21(2)31(33(42)38-24-16-14-23(15-17-24)19-48-36(45)46)39-32(41)30-13-8-18-40(30)34(43)22(3)37-35(44)47-20-29-27-11-6-4-9-25(27)26-10-5-7-12-28(26)29/h4-7,9-12,14-17,21-22,29-31H,8,13,18-20H2,1-3H3,(H,37,44)(H,38,42)(H,39,41)(H,45,46)/t22-,30-,31-/m0/s1. The second-order valence-corrected chi connectivity index (χ2v) is 12.4. The summed E-state index contributed by atoms with van der Waals surface area (Å²) in [6, 6.07) is 19.9. The van der Waals surface area contributed by atoms with Crippen molar-refractivity contribution >= 4 is 35.7 Å². The Hall–Kier alpha value is -5.39. The van der Waals surface area contributed by atoms with E-state index < -0.39 is 48.1 Å². The molecule has 1 saturated heterocycles. The Morgan fingerprint density at radius 2 is 1.48 bits per heavy atom. The van der Waals surface area contributed by atoms with Crippen molar-refractivity contribution in [2.75, 3.05) is 18.5 Å². The number of ether oxygens (including phenoxy) is 2. The molecule has 1 aliphatic carbocycles. The molecular weight excluding hydrogens is 616 g/mol. The van der Waals surface area contributed by atoms with Crippen LogP contribution in [0.1, 0.15) is 56.2 Å². The number of likely N-dealkylation sites (tertiary alicyclic amines) is 1. The van der Waals surface area contributed by atoms with E-state index in [1.54, 1.807) is 45.0 Å². The van der Waals surface area contributed by atoms with Gasteiger partial charge >= 0.3 is 12.2 Å². The molecule has 0 saturated carbocycles. The van der Waals surface area contributed by atoms with Crippen LogP contribution < -0.4 is 16.0 Å². The van der Waals surface area contributed by atoms with Gasteiger partial charge in [-0.05, 0) is 65.6 Å². The molecule has 1 heterocycles. The Labute approximate surface area is 278 Å². The van der Waals surface area contributed by atoms with Gasteiger partial charge in [0.1, 0.15) is 31.3 Å². The zero-order chi connectivity index (χ0) is 34.4. The number of hydrogen-bond acceptors (Lipinski definition) is 7. The highest BCUT2D eigenvalue weighted by Crippen LogP contribution is 2.44. The molecule has 252 valence electrons. The van der Waals surface area contributed by atoms with Gasteiger partial charge in [0.05, 0.1) is 0 Å². The van der Waals surface area contributed by atoms with Crippen molar-refractivity contribution in [2.45, 2.75) is 64.3 Å². The number of amides is 4. The molecule has 1 fully saturated rings. The first-order valence-corrected chi connectivity index (χ1v) is 16.0. The van der Waals surface area contributed by atoms with E-state index >= 15 is 0 Å². The first-order chi connectivity index (χ1) is 23.0. The van der Waals surface area contributed by atoms with E-state index in [0.29, 0.717) is 30.6 Å². The van der Waals surface area contributed by atoms with Crippen LogP contribution in [0.2, 0.25) is 0 Å². The van der Waals surface area contributed by atoms with Crippen LogP contribution in [0.25, 0.3) is 11.1 Å². The van der Waals surface area contributed by atoms with Gasteiger partial charge in [0.25, 0.3) is 0 Å². The topological polar surface area (TPSA) is 163 Å². The van der Waals surface area contributed by atoms with Crippen molar-refractivity contribution in [1.29, 1.82) is 0 Å². The fourth-order valence-electron chi connectivity index (χ4n) is 6.26. The minimum atomic E-state index is -1.38. The van der Waals surface area contributed by atoms with Crippen LogP contribution in [0.5, 0.6) is 0 Å². The summed E-state index contributed by atoms with van der Waals surface area (Å²) in [5, 5.41) is 16.9. The number of rotatable bonds is 11. The molecule has 3 atom stereocenters. The molecule has 2 aliphatic rings. The highest BCUT2D eigenvalue weighted by atomic mass is 16.7. The van der Waals surface area contributed by atoms with Crippen LogP contribution >= 0.6 is 0 Å². The number of carbonyl (C=O) groups excluding carboxylic acids is 4. The number of nitrogens with one attached hydrogen (secondary N) is 3. The summed E-state index contributed by atoms with van der Waals surface area (Å²) in [7, 11) is 0. The summed E-state index contributed by atoms with van der Waals surface area (Å²) in [5.41, 5.74) is 5.45. The average Bonchev–Trinajstić information content (AvgIpc) is 3.69. The van der Waals surface area contributed by atoms with Crippen molar-refractivity contribution in [3.8, 4) is 11.1 Å². The largest absolute Gasteiger partial charge is 0.506 e. The van der Waals surface area contributed by atoms with E-state index in [0.717, 1.165) is 22.3 Å². The van der Waals surface area contributed by atoms with Crippen molar-refractivity contribution in [3.63, 3.8) is 0 Å². The Bertz CT molecular complexity index is 1630. The van der Waals surface area contributed by atoms with Crippen LogP contribution in [0.15, 0.2) is 72.8 Å². The molecule has 4 N–H and O–H groups in total. The molecule has 5 rings (SSSR count). The van der Waals surface area contributed by atoms with Gasteiger partial charge in [0.2, 0.25) is 17.7 Å². The molecule has 1 aliphatic heterocycles. The molecular formula is C36H40N4O8. The average molecular weight is 657 g/mol. The van der Waals surface area contributed by atoms with E-state index in [2.05, 4.69) is 32.8 Å². The van der Waals surface area contributed by atoms with E-state index in [1.165, 1.54) is 4.90 Å². The lowest BCUT2D eigenvalue weighted by Gasteiger charge is -2.29. The van der Waals surface area contributed by atoms with Crippen LogP contribution in [0, 0.1) is 5.92 Å². The summed E-state index contributed by atoms with van der Waals surface area (Å²) in [6.45, 7) is 5.48. The number of anilines is 1. The van der Waals surface area contributed by atoms with E-state index in [1.807, 2.05) is 36.4 Å². The van der Waals surface area contributed by atoms with Crippen molar-refractivity contribution in [3.05, 3.63) is 89.5 Å². The van der Waals surface area contributed by atoms with Gasteiger partial charge in [-0.1, -0.05) is 74.5 Å². The molecule has 3 aromatic rings. The second kappa shape index (κ2) is 15.0. The molecule has 12 heteroatoms. The number of hydrogen-bond donors (Lipinski definition) is 4. The van der Waals surface area contributed by atoms with Gasteiger partial charge in [-0.3, -0.25) is 14.4 Å². The van der Waals surface area contributed by atoms with Crippen LogP contribution in [-0.4, -0.2) is 71.3 Å².